The average Bonchev–Trinajstić information content (AvgIpc) is 2.00. The van der Waals surface area contributed by atoms with Gasteiger partial charge in [0.25, 0.3) is 0 Å². The van der Waals surface area contributed by atoms with Crippen LogP contribution in [0.4, 0.5) is 0 Å². The molecule has 0 aliphatic heterocycles. The topological polar surface area (TPSA) is 18.5 Å². The average molecular weight is 225 g/mol. The van der Waals surface area contributed by atoms with Crippen molar-refractivity contribution in [3.8, 4) is 0 Å². The minimum Gasteiger partial charge on any atom is -0.393 e. The van der Waals surface area contributed by atoms with Gasteiger partial charge in [0.1, 0.15) is 0 Å². The lowest BCUT2D eigenvalue weighted by molar-refractivity contribution is 0.128. The van der Waals surface area contributed by atoms with Crippen LogP contribution in [-0.4, -0.2) is 26.5 Å². The van der Waals surface area contributed by atoms with E-state index in [0.29, 0.717) is 0 Å². The molecule has 13 heavy (non-hydrogen) atoms. The third-order valence-corrected chi connectivity index (χ3v) is 5.11. The maximum atomic E-state index is 6.13. The van der Waals surface area contributed by atoms with Gasteiger partial charge in [-0.15, -0.1) is 11.6 Å². The fraction of sp³-hybridized carbons (Fsp3) is 1.00. The molecule has 1 atom stereocenters. The Morgan fingerprint density at radius 2 is 1.46 bits per heavy atom. The van der Waals surface area contributed by atoms with Crippen LogP contribution in [0, 0.1) is 0 Å². The van der Waals surface area contributed by atoms with Crippen molar-refractivity contribution in [2.24, 2.45) is 0 Å². The molecule has 0 saturated carbocycles. The predicted molar refractivity (Wildman–Crippen MR) is 59.5 cm³/mol. The molecule has 0 bridgehead atoms. The molecule has 0 amide bonds. The van der Waals surface area contributed by atoms with E-state index >= 15 is 0 Å². The first-order chi connectivity index (χ1) is 5.97. The fourth-order valence-electron chi connectivity index (χ4n) is 0.932. The first-order valence-corrected chi connectivity index (χ1v) is 6.97. The lowest BCUT2D eigenvalue weighted by Crippen LogP contribution is -2.37. The van der Waals surface area contributed by atoms with E-state index in [-0.39, 0.29) is 17.2 Å². The van der Waals surface area contributed by atoms with E-state index in [0.717, 1.165) is 6.42 Å². The predicted octanol–water partition coefficient (Wildman–Crippen LogP) is 2.61. The van der Waals surface area contributed by atoms with E-state index in [1.54, 1.807) is 0 Å². The summed E-state index contributed by atoms with van der Waals surface area (Å²) in [5, 5.41) is 0.0739. The van der Waals surface area contributed by atoms with Crippen molar-refractivity contribution in [1.29, 1.82) is 0 Å². The van der Waals surface area contributed by atoms with Crippen LogP contribution in [0.15, 0.2) is 0 Å². The van der Waals surface area contributed by atoms with Gasteiger partial charge in [-0.2, -0.15) is 0 Å². The molecule has 0 spiro atoms. The molecule has 1 unspecified atom stereocenters. The minimum absolute atomic E-state index is 0.0739. The monoisotopic (exact) mass is 224 g/mol. The highest BCUT2D eigenvalue weighted by Gasteiger charge is 2.25. The Labute approximate surface area is 88.4 Å². The van der Waals surface area contributed by atoms with Gasteiger partial charge in [-0.3, -0.25) is 0 Å². The van der Waals surface area contributed by atoms with Gasteiger partial charge < -0.3 is 8.85 Å². The highest BCUT2D eigenvalue weighted by atomic mass is 35.5. The molecular formula is C9H21ClO2Si. The number of hydrogen-bond donors (Lipinski definition) is 0. The second-order valence-electron chi connectivity index (χ2n) is 3.66. The Bertz CT molecular complexity index is 121. The molecule has 0 saturated heterocycles. The third-order valence-electron chi connectivity index (χ3n) is 1.50. The zero-order chi connectivity index (χ0) is 10.4. The maximum absolute atomic E-state index is 6.13. The molecule has 2 nitrogen and oxygen atoms in total. The summed E-state index contributed by atoms with van der Waals surface area (Å²) in [4.78, 5) is 0. The summed E-state index contributed by atoms with van der Waals surface area (Å²) in [6, 6.07) is 0. The molecule has 0 aromatic heterocycles. The smallest absolute Gasteiger partial charge is 0.340 e. The van der Waals surface area contributed by atoms with E-state index < -0.39 is 9.28 Å². The van der Waals surface area contributed by atoms with Gasteiger partial charge >= 0.3 is 9.28 Å². The molecule has 0 N–H and O–H groups in total. The van der Waals surface area contributed by atoms with Gasteiger partial charge in [-0.05, 0) is 34.1 Å². The summed E-state index contributed by atoms with van der Waals surface area (Å²) >= 11 is 6.13. The van der Waals surface area contributed by atoms with Crippen LogP contribution < -0.4 is 0 Å². The fourth-order valence-corrected chi connectivity index (χ4v) is 3.15. The van der Waals surface area contributed by atoms with E-state index in [2.05, 4.69) is 6.92 Å². The zero-order valence-corrected chi connectivity index (χ0v) is 11.1. The van der Waals surface area contributed by atoms with E-state index in [1.165, 1.54) is 0 Å². The largest absolute Gasteiger partial charge is 0.393 e. The normalized spacial score (nSPS) is 14.5. The molecule has 0 radical (unpaired) electrons. The molecule has 0 heterocycles. The lowest BCUT2D eigenvalue weighted by Gasteiger charge is -2.24. The van der Waals surface area contributed by atoms with Crippen molar-refractivity contribution in [1.82, 2.24) is 0 Å². The van der Waals surface area contributed by atoms with Gasteiger partial charge in [-0.25, -0.2) is 0 Å². The number of alkyl halides is 1. The molecule has 0 fully saturated rings. The summed E-state index contributed by atoms with van der Waals surface area (Å²) in [6.45, 7) is 10.1. The van der Waals surface area contributed by atoms with Crippen molar-refractivity contribution in [3.63, 3.8) is 0 Å². The Hall–Kier alpha value is 0.427. The first-order valence-electron chi connectivity index (χ1n) is 4.92. The Morgan fingerprint density at radius 1 is 1.08 bits per heavy atom. The van der Waals surface area contributed by atoms with Crippen LogP contribution >= 0.6 is 11.6 Å². The highest BCUT2D eigenvalue weighted by Crippen LogP contribution is 2.12. The quantitative estimate of drug-likeness (QED) is 0.510. The number of halogens is 1. The molecule has 0 aromatic rings. The summed E-state index contributed by atoms with van der Waals surface area (Å²) in [7, 11) is -1.68. The Balaban J connectivity index is 4.02. The standard InChI is InChI=1S/C9H21ClO2Si/c1-6-9(10)13(11-7(2)3)12-8(4)5/h7-9,13H,6H2,1-5H3. The van der Waals surface area contributed by atoms with Crippen molar-refractivity contribution in [2.75, 3.05) is 0 Å². The van der Waals surface area contributed by atoms with Gasteiger partial charge in [0, 0.05) is 12.2 Å². The van der Waals surface area contributed by atoms with E-state index in [1.807, 2.05) is 27.7 Å². The molecular weight excluding hydrogens is 204 g/mol. The molecule has 80 valence electrons. The number of hydrogen-bond acceptors (Lipinski definition) is 2. The second-order valence-corrected chi connectivity index (χ2v) is 6.73. The van der Waals surface area contributed by atoms with E-state index in [9.17, 15) is 0 Å². The van der Waals surface area contributed by atoms with Crippen molar-refractivity contribution in [3.05, 3.63) is 0 Å². The third kappa shape index (κ3) is 6.49. The Kier molecular flexibility index (Phi) is 7.04. The second kappa shape index (κ2) is 6.82. The van der Waals surface area contributed by atoms with Crippen LogP contribution in [0.5, 0.6) is 0 Å². The first kappa shape index (κ1) is 13.4. The van der Waals surface area contributed by atoms with Crippen molar-refractivity contribution >= 4 is 20.9 Å². The van der Waals surface area contributed by atoms with Gasteiger partial charge in [0.05, 0.1) is 5.00 Å². The molecule has 0 aliphatic carbocycles. The van der Waals surface area contributed by atoms with Crippen molar-refractivity contribution in [2.45, 2.75) is 58.2 Å². The van der Waals surface area contributed by atoms with Crippen LogP contribution in [-0.2, 0) is 8.85 Å². The summed E-state index contributed by atoms with van der Waals surface area (Å²) in [5.41, 5.74) is 0. The van der Waals surface area contributed by atoms with Gasteiger partial charge in [0.2, 0.25) is 0 Å². The van der Waals surface area contributed by atoms with Crippen LogP contribution in [0.1, 0.15) is 41.0 Å². The summed E-state index contributed by atoms with van der Waals surface area (Å²) in [5.74, 6) is 0. The maximum Gasteiger partial charge on any atom is 0.340 e. The molecule has 0 aromatic carbocycles. The van der Waals surface area contributed by atoms with E-state index in [4.69, 9.17) is 20.5 Å². The molecule has 0 rings (SSSR count). The molecule has 0 aliphatic rings. The SMILES string of the molecule is CCC(Cl)[SiH](OC(C)C)OC(C)C. The van der Waals surface area contributed by atoms with Crippen molar-refractivity contribution < 1.29 is 8.85 Å². The minimum atomic E-state index is -1.68. The number of rotatable bonds is 6. The van der Waals surface area contributed by atoms with Crippen LogP contribution in [0.2, 0.25) is 0 Å². The highest BCUT2D eigenvalue weighted by molar-refractivity contribution is 6.59. The van der Waals surface area contributed by atoms with Gasteiger partial charge in [-0.1, -0.05) is 6.92 Å². The van der Waals surface area contributed by atoms with Crippen LogP contribution in [0.3, 0.4) is 0 Å². The van der Waals surface area contributed by atoms with Gasteiger partial charge in [0.15, 0.2) is 0 Å². The Morgan fingerprint density at radius 3 is 1.69 bits per heavy atom. The van der Waals surface area contributed by atoms with Crippen LogP contribution in [0.25, 0.3) is 0 Å². The summed E-state index contributed by atoms with van der Waals surface area (Å²) in [6.07, 6.45) is 1.34. The summed E-state index contributed by atoms with van der Waals surface area (Å²) < 4.78 is 11.4. The molecule has 4 heteroatoms. The zero-order valence-electron chi connectivity index (χ0n) is 9.21. The lowest BCUT2D eigenvalue weighted by atomic mass is 10.5.